The minimum atomic E-state index is -0.207. The molecule has 12 heavy (non-hydrogen) atoms. The Morgan fingerprint density at radius 1 is 1.08 bits per heavy atom. The predicted octanol–water partition coefficient (Wildman–Crippen LogP) is 3.27. The standard InChI is InChI=1S/C10H7FS/c11-8-4-5-9-7(6-8)2-1-3-10(9)12/h1-6,12H. The average molecular weight is 178 g/mol. The Labute approximate surface area is 75.4 Å². The molecule has 0 saturated heterocycles. The molecule has 0 amide bonds. The first-order chi connectivity index (χ1) is 5.77. The van der Waals surface area contributed by atoms with Crippen LogP contribution in [-0.2, 0) is 0 Å². The third-order valence-electron chi connectivity index (χ3n) is 1.82. The Morgan fingerprint density at radius 2 is 1.92 bits per heavy atom. The molecule has 0 heterocycles. The summed E-state index contributed by atoms with van der Waals surface area (Å²) in [7, 11) is 0. The molecule has 0 aliphatic carbocycles. The van der Waals surface area contributed by atoms with Gasteiger partial charge in [0.1, 0.15) is 5.82 Å². The Balaban J connectivity index is 2.86. The molecule has 0 aliphatic rings. The summed E-state index contributed by atoms with van der Waals surface area (Å²) in [5.74, 6) is -0.207. The molecule has 2 aromatic rings. The summed E-state index contributed by atoms with van der Waals surface area (Å²) in [6.45, 7) is 0. The third kappa shape index (κ3) is 1.18. The molecule has 0 unspecified atom stereocenters. The van der Waals surface area contributed by atoms with Gasteiger partial charge in [-0.05, 0) is 29.0 Å². The van der Waals surface area contributed by atoms with Crippen molar-refractivity contribution in [1.29, 1.82) is 0 Å². The van der Waals surface area contributed by atoms with Gasteiger partial charge in [0.25, 0.3) is 0 Å². The molecule has 0 aromatic heterocycles. The number of thiol groups is 1. The van der Waals surface area contributed by atoms with Gasteiger partial charge in [-0.1, -0.05) is 18.2 Å². The minimum absolute atomic E-state index is 0.207. The van der Waals surface area contributed by atoms with Crippen molar-refractivity contribution < 1.29 is 4.39 Å². The Kier molecular flexibility index (Phi) is 1.77. The summed E-state index contributed by atoms with van der Waals surface area (Å²) in [6, 6.07) is 10.3. The second kappa shape index (κ2) is 2.79. The van der Waals surface area contributed by atoms with E-state index in [0.29, 0.717) is 0 Å². The molecule has 0 bridgehead atoms. The number of rotatable bonds is 0. The van der Waals surface area contributed by atoms with E-state index in [1.807, 2.05) is 18.2 Å². The highest BCUT2D eigenvalue weighted by Gasteiger charge is 1.97. The second-order valence-corrected chi connectivity index (χ2v) is 3.12. The van der Waals surface area contributed by atoms with Crippen LogP contribution in [0.4, 0.5) is 4.39 Å². The summed E-state index contributed by atoms with van der Waals surface area (Å²) < 4.78 is 12.7. The fourth-order valence-corrected chi connectivity index (χ4v) is 1.53. The van der Waals surface area contributed by atoms with Crippen LogP contribution in [0.25, 0.3) is 10.8 Å². The maximum atomic E-state index is 12.7. The van der Waals surface area contributed by atoms with E-state index in [-0.39, 0.29) is 5.82 Å². The van der Waals surface area contributed by atoms with Gasteiger partial charge in [0.05, 0.1) is 0 Å². The minimum Gasteiger partial charge on any atom is -0.207 e. The van der Waals surface area contributed by atoms with E-state index in [9.17, 15) is 4.39 Å². The van der Waals surface area contributed by atoms with Crippen molar-refractivity contribution in [1.82, 2.24) is 0 Å². The number of hydrogen-bond donors (Lipinski definition) is 1. The van der Waals surface area contributed by atoms with Crippen LogP contribution in [-0.4, -0.2) is 0 Å². The van der Waals surface area contributed by atoms with Crippen LogP contribution >= 0.6 is 12.6 Å². The van der Waals surface area contributed by atoms with E-state index in [1.54, 1.807) is 6.07 Å². The molecule has 0 saturated carbocycles. The van der Waals surface area contributed by atoms with Crippen LogP contribution in [0.15, 0.2) is 41.3 Å². The van der Waals surface area contributed by atoms with E-state index in [4.69, 9.17) is 0 Å². The van der Waals surface area contributed by atoms with Crippen molar-refractivity contribution in [3.05, 3.63) is 42.2 Å². The molecule has 0 N–H and O–H groups in total. The number of benzene rings is 2. The molecule has 0 spiro atoms. The molecule has 0 aliphatic heterocycles. The van der Waals surface area contributed by atoms with Crippen molar-refractivity contribution >= 4 is 23.4 Å². The molecule has 2 aromatic carbocycles. The molecule has 0 atom stereocenters. The molecule has 0 radical (unpaired) electrons. The van der Waals surface area contributed by atoms with Gasteiger partial charge in [0, 0.05) is 4.90 Å². The summed E-state index contributed by atoms with van der Waals surface area (Å²) >= 11 is 4.26. The van der Waals surface area contributed by atoms with Crippen LogP contribution in [0.1, 0.15) is 0 Å². The van der Waals surface area contributed by atoms with Crippen LogP contribution in [0.2, 0.25) is 0 Å². The molecule has 0 fully saturated rings. The van der Waals surface area contributed by atoms with Crippen molar-refractivity contribution in [2.75, 3.05) is 0 Å². The molecular weight excluding hydrogens is 171 g/mol. The number of hydrogen-bond acceptors (Lipinski definition) is 1. The topological polar surface area (TPSA) is 0 Å². The first kappa shape index (κ1) is 7.62. The van der Waals surface area contributed by atoms with Gasteiger partial charge in [0.15, 0.2) is 0 Å². The van der Waals surface area contributed by atoms with Gasteiger partial charge in [-0.15, -0.1) is 12.6 Å². The van der Waals surface area contributed by atoms with E-state index in [1.165, 1.54) is 12.1 Å². The second-order valence-electron chi connectivity index (χ2n) is 2.64. The van der Waals surface area contributed by atoms with E-state index < -0.39 is 0 Å². The van der Waals surface area contributed by atoms with E-state index >= 15 is 0 Å². The zero-order valence-electron chi connectivity index (χ0n) is 6.29. The molecule has 0 nitrogen and oxygen atoms in total. The summed E-state index contributed by atoms with van der Waals surface area (Å²) in [4.78, 5) is 0.882. The normalized spacial score (nSPS) is 10.5. The molecule has 2 rings (SSSR count). The van der Waals surface area contributed by atoms with Crippen molar-refractivity contribution in [3.8, 4) is 0 Å². The lowest BCUT2D eigenvalue weighted by atomic mass is 10.1. The SMILES string of the molecule is Fc1ccc2c(S)cccc2c1. The van der Waals surface area contributed by atoms with Crippen LogP contribution < -0.4 is 0 Å². The summed E-state index contributed by atoms with van der Waals surface area (Å²) in [6.07, 6.45) is 0. The van der Waals surface area contributed by atoms with Gasteiger partial charge in [-0.2, -0.15) is 0 Å². The smallest absolute Gasteiger partial charge is 0.123 e. The highest BCUT2D eigenvalue weighted by Crippen LogP contribution is 2.21. The van der Waals surface area contributed by atoms with Crippen LogP contribution in [0.3, 0.4) is 0 Å². The highest BCUT2D eigenvalue weighted by atomic mass is 32.1. The van der Waals surface area contributed by atoms with Gasteiger partial charge in [0.2, 0.25) is 0 Å². The fraction of sp³-hybridized carbons (Fsp3) is 0. The lowest BCUT2D eigenvalue weighted by Gasteiger charge is -1.99. The first-order valence-corrected chi connectivity index (χ1v) is 4.09. The predicted molar refractivity (Wildman–Crippen MR) is 51.2 cm³/mol. The maximum absolute atomic E-state index is 12.7. The van der Waals surface area contributed by atoms with Gasteiger partial charge in [-0.3, -0.25) is 0 Å². The first-order valence-electron chi connectivity index (χ1n) is 3.64. The average Bonchev–Trinajstić information content (AvgIpc) is 2.04. The molecule has 60 valence electrons. The summed E-state index contributed by atoms with van der Waals surface area (Å²) in [5.41, 5.74) is 0. The third-order valence-corrected chi connectivity index (χ3v) is 2.21. The van der Waals surface area contributed by atoms with Crippen molar-refractivity contribution in [3.63, 3.8) is 0 Å². The quantitative estimate of drug-likeness (QED) is 0.588. The zero-order valence-corrected chi connectivity index (χ0v) is 7.18. The fourth-order valence-electron chi connectivity index (χ4n) is 1.24. The zero-order chi connectivity index (χ0) is 8.55. The number of fused-ring (bicyclic) bond motifs is 1. The lowest BCUT2D eigenvalue weighted by molar-refractivity contribution is 0.629. The van der Waals surface area contributed by atoms with Crippen LogP contribution in [0, 0.1) is 5.82 Å². The van der Waals surface area contributed by atoms with E-state index in [0.717, 1.165) is 15.7 Å². The maximum Gasteiger partial charge on any atom is 0.123 e. The number of halogens is 1. The molecule has 2 heteroatoms. The Morgan fingerprint density at radius 3 is 2.75 bits per heavy atom. The van der Waals surface area contributed by atoms with Crippen LogP contribution in [0.5, 0.6) is 0 Å². The molecular formula is C10H7FS. The highest BCUT2D eigenvalue weighted by molar-refractivity contribution is 7.80. The van der Waals surface area contributed by atoms with Crippen molar-refractivity contribution in [2.45, 2.75) is 4.90 Å². The Bertz CT molecular complexity index is 423. The largest absolute Gasteiger partial charge is 0.207 e. The van der Waals surface area contributed by atoms with Gasteiger partial charge < -0.3 is 0 Å². The van der Waals surface area contributed by atoms with Crippen molar-refractivity contribution in [2.24, 2.45) is 0 Å². The van der Waals surface area contributed by atoms with Gasteiger partial charge in [-0.25, -0.2) is 4.39 Å². The monoisotopic (exact) mass is 178 g/mol. The summed E-state index contributed by atoms with van der Waals surface area (Å²) in [5, 5.41) is 1.88. The lowest BCUT2D eigenvalue weighted by Crippen LogP contribution is -1.76. The van der Waals surface area contributed by atoms with E-state index in [2.05, 4.69) is 12.6 Å². The van der Waals surface area contributed by atoms with Gasteiger partial charge >= 0.3 is 0 Å². The Hall–Kier alpha value is -1.02.